The van der Waals surface area contributed by atoms with E-state index in [4.69, 9.17) is 22.9 Å². The normalized spacial score (nSPS) is 15.4. The third-order valence-corrected chi connectivity index (χ3v) is 12.0. The van der Waals surface area contributed by atoms with Crippen LogP contribution in [0.1, 0.15) is 106 Å². The van der Waals surface area contributed by atoms with Crippen LogP contribution in [0.4, 0.5) is 0 Å². The lowest BCUT2D eigenvalue weighted by Gasteiger charge is -2.30. The van der Waals surface area contributed by atoms with Crippen molar-refractivity contribution < 1.29 is 58.5 Å². The largest absolute Gasteiger partial charge is 0.508 e. The van der Waals surface area contributed by atoms with Gasteiger partial charge in [-0.05, 0) is 93.4 Å². The number of aromatic hydroxyl groups is 1. The number of aliphatic hydroxyl groups is 1. The molecule has 0 aliphatic carbocycles. The van der Waals surface area contributed by atoms with Gasteiger partial charge in [0, 0.05) is 6.54 Å². The van der Waals surface area contributed by atoms with E-state index in [1.54, 1.807) is 67.5 Å². The quantitative estimate of drug-likeness (QED) is 0.0196. The van der Waals surface area contributed by atoms with E-state index in [-0.39, 0.29) is 50.5 Å². The van der Waals surface area contributed by atoms with Crippen LogP contribution in [-0.2, 0) is 49.6 Å². The molecule has 8 amide bonds. The fourth-order valence-corrected chi connectivity index (χ4v) is 7.20. The Balaban J connectivity index is 3.23. The Morgan fingerprint density at radius 1 is 0.562 bits per heavy atom. The third-order valence-electron chi connectivity index (χ3n) is 12.0. The van der Waals surface area contributed by atoms with Crippen molar-refractivity contribution in [3.05, 3.63) is 29.8 Å². The fraction of sp³-hybridized carbons (Fsp3) is 0.667. The van der Waals surface area contributed by atoms with Gasteiger partial charge in [0.25, 0.3) is 0 Å². The molecule has 0 aromatic heterocycles. The predicted molar refractivity (Wildman–Crippen MR) is 272 cm³/mol. The molecule has 1 rings (SSSR count). The number of aliphatic carboxylic acids is 1. The van der Waals surface area contributed by atoms with Gasteiger partial charge in [-0.2, -0.15) is 0 Å². The van der Waals surface area contributed by atoms with Crippen LogP contribution in [0.3, 0.4) is 0 Å². The Hall–Kier alpha value is -6.60. The number of phenolic OH excluding ortho intramolecular Hbond substituents is 1. The van der Waals surface area contributed by atoms with Crippen molar-refractivity contribution in [2.45, 2.75) is 162 Å². The number of nitrogens with one attached hydrogen (secondary N) is 8. The summed E-state index contributed by atoms with van der Waals surface area (Å²) in [7, 11) is 0. The van der Waals surface area contributed by atoms with E-state index in [1.807, 2.05) is 0 Å². The lowest BCUT2D eigenvalue weighted by atomic mass is 9.95. The van der Waals surface area contributed by atoms with Gasteiger partial charge in [0.2, 0.25) is 47.3 Å². The number of nitrogens with two attached hydrogens (primary N) is 4. The molecule has 0 fully saturated rings. The number of unbranched alkanes of at least 4 members (excludes halogenated alkanes) is 1. The minimum absolute atomic E-state index is 0.0234. The number of hydrogen-bond acceptors (Lipinski definition) is 14. The highest BCUT2D eigenvalue weighted by molar-refractivity contribution is 5.98. The zero-order valence-corrected chi connectivity index (χ0v) is 43.7. The number of aliphatic hydroxyl groups excluding tert-OH is 1. The number of phenols is 1. The minimum Gasteiger partial charge on any atom is -0.508 e. The Labute approximate surface area is 427 Å². The molecule has 0 aliphatic heterocycles. The summed E-state index contributed by atoms with van der Waals surface area (Å²) in [5.74, 6) is -9.84. The van der Waals surface area contributed by atoms with Crippen molar-refractivity contribution in [1.82, 2.24) is 42.5 Å². The summed E-state index contributed by atoms with van der Waals surface area (Å²) in [6.07, 6.45) is 1.64. The van der Waals surface area contributed by atoms with Gasteiger partial charge in [-0.25, -0.2) is 4.79 Å². The molecule has 1 aromatic rings. The Kier molecular flexibility index (Phi) is 28.6. The summed E-state index contributed by atoms with van der Waals surface area (Å²) in [6.45, 7) is 14.0. The van der Waals surface area contributed by atoms with E-state index >= 15 is 0 Å². The number of amides is 8. The Morgan fingerprint density at radius 2 is 1.00 bits per heavy atom. The Morgan fingerprint density at radius 3 is 1.48 bits per heavy atom. The molecule has 0 radical (unpaired) electrons. The number of carboxylic acids is 1. The van der Waals surface area contributed by atoms with Crippen LogP contribution in [0.5, 0.6) is 5.75 Å². The average molecular weight is 1030 g/mol. The van der Waals surface area contributed by atoms with Crippen LogP contribution in [0.15, 0.2) is 29.3 Å². The molecular weight excluding hydrogens is 951 g/mol. The lowest BCUT2D eigenvalue weighted by molar-refractivity contribution is -0.143. The van der Waals surface area contributed by atoms with Gasteiger partial charge in [0.15, 0.2) is 5.96 Å². The number of carbonyl (C=O) groups excluding carboxylic acids is 8. The maximum absolute atomic E-state index is 14.1. The predicted octanol–water partition coefficient (Wildman–Crippen LogP) is -2.57. The highest BCUT2D eigenvalue weighted by atomic mass is 16.4. The molecular formula is C48H83N13O12. The molecule has 19 N–H and O–H groups in total. The molecule has 0 saturated carbocycles. The first-order valence-corrected chi connectivity index (χ1v) is 24.7. The van der Waals surface area contributed by atoms with Gasteiger partial charge in [-0.15, -0.1) is 0 Å². The summed E-state index contributed by atoms with van der Waals surface area (Å²) >= 11 is 0. The number of rotatable bonds is 33. The first kappa shape index (κ1) is 64.4. The third kappa shape index (κ3) is 22.8. The SMILES string of the molecule is CCC(C)C(NC(=O)C(NC(=O)C(N)Cc1ccc(O)cc1)C(C)C)C(=O)NC(CCCCN)C(=O)NC(C(=O)NC(CO)C(=O)NC(C)C(=O)NC(CCCN=C(N)N)C(=O)NC(C(=O)O)C(C)C)C(C)C. The summed E-state index contributed by atoms with van der Waals surface area (Å²) in [6, 6.07) is -5.30. The standard InChI is InChI=1S/C48H83N13O12/c1-10-27(8)38(61-45(70)36(25(4)5)58-40(65)31(50)22-29-16-18-30(63)19-17-29)46(71)56-32(14-11-12-20-49)41(66)59-35(24(2)3)44(69)57-34(23-62)43(68)54-28(9)39(64)55-33(15-13-21-53-48(51)52)42(67)60-37(26(6)7)47(72)73/h16-19,24-28,31-38,62-63H,10-15,20-23,49-50H2,1-9H3,(H,54,68)(H,55,64)(H,56,71)(H,57,69)(H,58,65)(H,59,66)(H,60,67)(H,61,70)(H,72,73)(H4,51,52,53). The Bertz CT molecular complexity index is 2020. The van der Waals surface area contributed by atoms with E-state index in [2.05, 4.69) is 47.5 Å². The minimum atomic E-state index is -1.64. The van der Waals surface area contributed by atoms with Gasteiger partial charge in [-0.3, -0.25) is 43.3 Å². The highest BCUT2D eigenvalue weighted by Crippen LogP contribution is 2.15. The lowest BCUT2D eigenvalue weighted by Crippen LogP contribution is -2.62. The van der Waals surface area contributed by atoms with Crippen LogP contribution >= 0.6 is 0 Å². The fourth-order valence-electron chi connectivity index (χ4n) is 7.20. The number of aliphatic imine (C=N–C) groups is 1. The second-order valence-corrected chi connectivity index (χ2v) is 19.2. The maximum atomic E-state index is 14.1. The first-order valence-electron chi connectivity index (χ1n) is 24.7. The number of carbonyl (C=O) groups is 9. The molecule has 25 nitrogen and oxygen atoms in total. The van der Waals surface area contributed by atoms with Crippen molar-refractivity contribution in [2.24, 2.45) is 51.6 Å². The van der Waals surface area contributed by atoms with Gasteiger partial charge in [0.1, 0.15) is 54.1 Å². The van der Waals surface area contributed by atoms with Crippen LogP contribution in [0.25, 0.3) is 0 Å². The highest BCUT2D eigenvalue weighted by Gasteiger charge is 2.37. The molecule has 0 saturated heterocycles. The second-order valence-electron chi connectivity index (χ2n) is 19.2. The zero-order valence-electron chi connectivity index (χ0n) is 43.7. The number of guanidine groups is 1. The first-order chi connectivity index (χ1) is 34.2. The molecule has 10 unspecified atom stereocenters. The monoisotopic (exact) mass is 1030 g/mol. The molecule has 0 bridgehead atoms. The van der Waals surface area contributed by atoms with Crippen molar-refractivity contribution in [3.63, 3.8) is 0 Å². The van der Waals surface area contributed by atoms with E-state index in [9.17, 15) is 58.5 Å². The molecule has 0 heterocycles. The molecule has 25 heteroatoms. The number of nitrogens with zero attached hydrogens (tertiary/aromatic N) is 1. The number of hydrogen-bond donors (Lipinski definition) is 15. The van der Waals surface area contributed by atoms with Crippen molar-refractivity contribution in [3.8, 4) is 5.75 Å². The second kappa shape index (κ2) is 32.5. The molecule has 73 heavy (non-hydrogen) atoms. The van der Waals surface area contributed by atoms with Crippen LogP contribution < -0.4 is 65.5 Å². The summed E-state index contributed by atoms with van der Waals surface area (Å²) in [5.41, 5.74) is 23.4. The van der Waals surface area contributed by atoms with Gasteiger partial charge in [0.05, 0.1) is 12.6 Å². The number of carboxylic acid groups (broad SMARTS) is 1. The van der Waals surface area contributed by atoms with Crippen LogP contribution in [-0.4, -0.2) is 149 Å². The molecule has 10 atom stereocenters. The van der Waals surface area contributed by atoms with Crippen molar-refractivity contribution in [2.75, 3.05) is 19.7 Å². The maximum Gasteiger partial charge on any atom is 0.326 e. The molecule has 0 spiro atoms. The van der Waals surface area contributed by atoms with E-state index in [1.165, 1.54) is 19.1 Å². The molecule has 412 valence electrons. The number of benzene rings is 1. The van der Waals surface area contributed by atoms with E-state index < -0.39 is 138 Å². The van der Waals surface area contributed by atoms with Gasteiger partial charge >= 0.3 is 5.97 Å². The van der Waals surface area contributed by atoms with Crippen LogP contribution in [0.2, 0.25) is 0 Å². The van der Waals surface area contributed by atoms with Gasteiger partial charge < -0.3 is 80.8 Å². The summed E-state index contributed by atoms with van der Waals surface area (Å²) in [5, 5.41) is 49.9. The summed E-state index contributed by atoms with van der Waals surface area (Å²) < 4.78 is 0. The van der Waals surface area contributed by atoms with E-state index in [0.717, 1.165) is 0 Å². The average Bonchev–Trinajstić information content (AvgIpc) is 3.32. The van der Waals surface area contributed by atoms with Crippen molar-refractivity contribution >= 4 is 59.2 Å². The molecule has 0 aliphatic rings. The van der Waals surface area contributed by atoms with Crippen LogP contribution in [0, 0.1) is 23.7 Å². The van der Waals surface area contributed by atoms with Gasteiger partial charge in [-0.1, -0.05) is 73.9 Å². The molecule has 1 aromatic carbocycles. The topological polar surface area (TPSA) is 427 Å². The van der Waals surface area contributed by atoms with E-state index in [0.29, 0.717) is 24.8 Å². The zero-order chi connectivity index (χ0) is 55.7. The summed E-state index contributed by atoms with van der Waals surface area (Å²) in [4.78, 5) is 125. The smallest absolute Gasteiger partial charge is 0.326 e. The van der Waals surface area contributed by atoms with Crippen molar-refractivity contribution in [1.29, 1.82) is 0 Å².